The van der Waals surface area contributed by atoms with Crippen LogP contribution in [0.25, 0.3) is 33.4 Å². The molecule has 1 saturated heterocycles. The van der Waals surface area contributed by atoms with Gasteiger partial charge in [0, 0.05) is 26.2 Å². The summed E-state index contributed by atoms with van der Waals surface area (Å²) in [6.07, 6.45) is -4.35. The van der Waals surface area contributed by atoms with Crippen LogP contribution in [0, 0.1) is 6.92 Å². The zero-order valence-corrected chi connectivity index (χ0v) is 21.7. The highest BCUT2D eigenvalue weighted by Gasteiger charge is 2.51. The average molecular weight is 535 g/mol. The number of carbonyl (C=O) groups excluding carboxylic acids is 3. The summed E-state index contributed by atoms with van der Waals surface area (Å²) >= 11 is 0. The number of rotatable bonds is 6. The number of ether oxygens (including phenoxy) is 4. The van der Waals surface area contributed by atoms with E-state index in [1.165, 1.54) is 20.8 Å². The summed E-state index contributed by atoms with van der Waals surface area (Å²) in [5.41, 5.74) is 1.75. The number of benzene rings is 2. The van der Waals surface area contributed by atoms with E-state index in [1.807, 2.05) is 12.1 Å². The molecule has 1 aliphatic rings. The van der Waals surface area contributed by atoms with E-state index in [-0.39, 0.29) is 18.0 Å². The highest BCUT2D eigenvalue weighted by molar-refractivity contribution is 5.88. The van der Waals surface area contributed by atoms with E-state index in [0.717, 1.165) is 5.39 Å². The zero-order valence-electron chi connectivity index (χ0n) is 21.7. The molecule has 1 aliphatic heterocycles. The van der Waals surface area contributed by atoms with Gasteiger partial charge < -0.3 is 23.4 Å². The highest BCUT2D eigenvalue weighted by atomic mass is 16.7. The van der Waals surface area contributed by atoms with Gasteiger partial charge in [0.25, 0.3) is 0 Å². The topological polar surface area (TPSA) is 136 Å². The largest absolute Gasteiger partial charge is 0.463 e. The maximum absolute atomic E-state index is 13.3. The molecule has 0 amide bonds. The van der Waals surface area contributed by atoms with Gasteiger partial charge in [0.2, 0.25) is 0 Å². The molecule has 4 atom stereocenters. The number of carbonyl (C=O) groups is 3. The minimum Gasteiger partial charge on any atom is -0.463 e. The van der Waals surface area contributed by atoms with Gasteiger partial charge in [0.05, 0.1) is 11.0 Å². The molecule has 0 radical (unpaired) electrons. The lowest BCUT2D eigenvalue weighted by Gasteiger charge is -2.25. The van der Waals surface area contributed by atoms with Crippen LogP contribution < -0.4 is 5.63 Å². The molecule has 1 fully saturated rings. The Morgan fingerprint density at radius 1 is 0.923 bits per heavy atom. The fourth-order valence-electron chi connectivity index (χ4n) is 4.94. The summed E-state index contributed by atoms with van der Waals surface area (Å²) in [5.74, 6) is -1.64. The summed E-state index contributed by atoms with van der Waals surface area (Å²) in [7, 11) is 0. The lowest BCUT2D eigenvalue weighted by molar-refractivity contribution is -0.166. The summed E-state index contributed by atoms with van der Waals surface area (Å²) in [4.78, 5) is 53.9. The first-order chi connectivity index (χ1) is 18.7. The van der Waals surface area contributed by atoms with Gasteiger partial charge >= 0.3 is 23.5 Å². The minimum atomic E-state index is -1.16. The molecule has 11 nitrogen and oxygen atoms in total. The summed E-state index contributed by atoms with van der Waals surface area (Å²) < 4.78 is 29.8. The van der Waals surface area contributed by atoms with Crippen LogP contribution in [0.2, 0.25) is 0 Å². The summed E-state index contributed by atoms with van der Waals surface area (Å²) in [5, 5.41) is 0.722. The second-order valence-corrected chi connectivity index (χ2v) is 9.20. The highest BCUT2D eigenvalue weighted by Crippen LogP contribution is 2.40. The quantitative estimate of drug-likeness (QED) is 0.206. The Balaban J connectivity index is 1.74. The normalized spacial score (nSPS) is 20.7. The first-order valence-electron chi connectivity index (χ1n) is 12.3. The van der Waals surface area contributed by atoms with Crippen molar-refractivity contribution in [3.05, 3.63) is 64.5 Å². The smallest absolute Gasteiger partial charge is 0.347 e. The van der Waals surface area contributed by atoms with Gasteiger partial charge in [-0.1, -0.05) is 30.3 Å². The molecule has 0 spiro atoms. The molecule has 0 saturated carbocycles. The molecular formula is C28H26N2O9. The lowest BCUT2D eigenvalue weighted by atomic mass is 10.1. The van der Waals surface area contributed by atoms with E-state index in [4.69, 9.17) is 28.3 Å². The predicted molar refractivity (Wildman–Crippen MR) is 138 cm³/mol. The van der Waals surface area contributed by atoms with Crippen molar-refractivity contribution < 1.29 is 37.7 Å². The Morgan fingerprint density at radius 2 is 1.59 bits per heavy atom. The van der Waals surface area contributed by atoms with Crippen molar-refractivity contribution in [1.82, 2.24) is 9.55 Å². The van der Waals surface area contributed by atoms with Gasteiger partial charge in [-0.2, -0.15) is 0 Å². The Bertz CT molecular complexity index is 1650. The van der Waals surface area contributed by atoms with Crippen LogP contribution in [0.4, 0.5) is 0 Å². The van der Waals surface area contributed by atoms with Gasteiger partial charge in [0.1, 0.15) is 23.9 Å². The molecule has 2 aromatic carbocycles. The van der Waals surface area contributed by atoms with Crippen molar-refractivity contribution in [2.75, 3.05) is 6.61 Å². The summed E-state index contributed by atoms with van der Waals surface area (Å²) in [6.45, 7) is 5.20. The van der Waals surface area contributed by atoms with Gasteiger partial charge in [-0.05, 0) is 30.7 Å². The van der Waals surface area contributed by atoms with Crippen molar-refractivity contribution in [3.63, 3.8) is 0 Å². The number of para-hydroxylation sites is 3. The number of aryl methyl sites for hydroxylation is 1. The Kier molecular flexibility index (Phi) is 6.92. The number of esters is 3. The van der Waals surface area contributed by atoms with Crippen molar-refractivity contribution in [3.8, 4) is 11.4 Å². The van der Waals surface area contributed by atoms with E-state index < -0.39 is 48.1 Å². The van der Waals surface area contributed by atoms with Crippen LogP contribution in [0.3, 0.4) is 0 Å². The molecule has 0 bridgehead atoms. The van der Waals surface area contributed by atoms with E-state index in [9.17, 15) is 19.2 Å². The first kappa shape index (κ1) is 26.1. The van der Waals surface area contributed by atoms with Crippen molar-refractivity contribution in [2.45, 2.75) is 52.2 Å². The second kappa shape index (κ2) is 10.3. The number of hydrogen-bond donors (Lipinski definition) is 0. The number of nitrogens with zero attached hydrogens (tertiary/aromatic N) is 2. The third-order valence-electron chi connectivity index (χ3n) is 6.49. The zero-order chi connectivity index (χ0) is 27.8. The third-order valence-corrected chi connectivity index (χ3v) is 6.49. The number of aromatic nitrogens is 2. The van der Waals surface area contributed by atoms with E-state index >= 15 is 0 Å². The van der Waals surface area contributed by atoms with Crippen molar-refractivity contribution in [2.24, 2.45) is 0 Å². The molecule has 4 aromatic rings. The first-order valence-corrected chi connectivity index (χ1v) is 12.3. The molecule has 11 heteroatoms. The third kappa shape index (κ3) is 4.88. The Hall–Kier alpha value is -4.51. The van der Waals surface area contributed by atoms with Crippen molar-refractivity contribution in [1.29, 1.82) is 0 Å². The Morgan fingerprint density at radius 3 is 2.31 bits per heavy atom. The van der Waals surface area contributed by atoms with Crippen LogP contribution in [0.5, 0.6) is 0 Å². The second-order valence-electron chi connectivity index (χ2n) is 9.20. The van der Waals surface area contributed by atoms with E-state index in [1.54, 1.807) is 47.9 Å². The monoisotopic (exact) mass is 534 g/mol. The number of hydrogen-bond acceptors (Lipinski definition) is 10. The van der Waals surface area contributed by atoms with Gasteiger partial charge in [-0.3, -0.25) is 19.0 Å². The van der Waals surface area contributed by atoms with Crippen LogP contribution in [0.1, 0.15) is 32.6 Å². The molecule has 39 heavy (non-hydrogen) atoms. The fraction of sp³-hybridized carbons (Fsp3) is 0.321. The maximum Gasteiger partial charge on any atom is 0.347 e. The molecule has 5 rings (SSSR count). The van der Waals surface area contributed by atoms with Crippen LogP contribution in [0.15, 0.2) is 57.7 Å². The minimum absolute atomic E-state index is 0.197. The van der Waals surface area contributed by atoms with Gasteiger partial charge in [-0.15, -0.1) is 0 Å². The molecule has 2 aromatic heterocycles. The number of fused-ring (bicyclic) bond motifs is 2. The standard InChI is InChI=1S/C28H26N2O9/c1-14-18-9-5-8-12-21(18)39-28(34)23(14)26-29-19-10-6-7-11-20(19)30(26)27-25(37-17(4)33)24(36-16(3)32)22(38-27)13-35-15(2)31/h5-12,22,24-25,27H,13H2,1-4H3/t22-,24-,25-,27-/m1/s1. The fourth-order valence-corrected chi connectivity index (χ4v) is 4.94. The van der Waals surface area contributed by atoms with Crippen molar-refractivity contribution >= 4 is 39.9 Å². The molecular weight excluding hydrogens is 508 g/mol. The SMILES string of the molecule is CC(=O)OC[C@H]1O[C@@H](n2c(-c3c(C)c4ccccc4oc3=O)nc3ccccc32)[C@H](OC(C)=O)[C@@H]1OC(C)=O. The van der Waals surface area contributed by atoms with E-state index in [2.05, 4.69) is 0 Å². The van der Waals surface area contributed by atoms with E-state index in [0.29, 0.717) is 22.2 Å². The van der Waals surface area contributed by atoms with Gasteiger partial charge in [0.15, 0.2) is 24.3 Å². The molecule has 0 unspecified atom stereocenters. The number of imidazole rings is 1. The molecule has 202 valence electrons. The van der Waals surface area contributed by atoms with Crippen LogP contribution in [-0.2, 0) is 33.3 Å². The molecule has 0 N–H and O–H groups in total. The van der Waals surface area contributed by atoms with Gasteiger partial charge in [-0.25, -0.2) is 9.78 Å². The van der Waals surface area contributed by atoms with Crippen LogP contribution >= 0.6 is 0 Å². The summed E-state index contributed by atoms with van der Waals surface area (Å²) in [6, 6.07) is 14.3. The predicted octanol–water partition coefficient (Wildman–Crippen LogP) is 3.44. The lowest BCUT2D eigenvalue weighted by Crippen LogP contribution is -2.40. The molecule has 3 heterocycles. The van der Waals surface area contributed by atoms with Crippen LogP contribution in [-0.4, -0.2) is 52.4 Å². The maximum atomic E-state index is 13.3. The molecule has 0 aliphatic carbocycles. The Labute approximate surface area is 222 Å². The average Bonchev–Trinajstić information content (AvgIpc) is 3.40.